The molecular formula is C18H21NO6S2. The van der Waals surface area contributed by atoms with Crippen molar-refractivity contribution in [1.82, 2.24) is 4.72 Å². The summed E-state index contributed by atoms with van der Waals surface area (Å²) in [4.78, 5) is 12.2. The van der Waals surface area contributed by atoms with E-state index in [1.165, 1.54) is 38.1 Å². The van der Waals surface area contributed by atoms with E-state index in [1.807, 2.05) is 12.1 Å². The van der Waals surface area contributed by atoms with Gasteiger partial charge in [0.1, 0.15) is 11.5 Å². The molecule has 2 rings (SSSR count). The summed E-state index contributed by atoms with van der Waals surface area (Å²) in [7, 11) is -0.723. The summed E-state index contributed by atoms with van der Waals surface area (Å²) >= 11 is 1.51. The zero-order chi connectivity index (χ0) is 19.7. The molecule has 1 N–H and O–H groups in total. The van der Waals surface area contributed by atoms with Crippen LogP contribution in [0.3, 0.4) is 0 Å². The van der Waals surface area contributed by atoms with Crippen molar-refractivity contribution in [1.29, 1.82) is 0 Å². The number of hydrogen-bond donors (Lipinski definition) is 1. The smallest absolute Gasteiger partial charge is 0.343 e. The highest BCUT2D eigenvalue weighted by Crippen LogP contribution is 2.21. The Labute approximate surface area is 163 Å². The van der Waals surface area contributed by atoms with E-state index in [-0.39, 0.29) is 11.5 Å². The summed E-state index contributed by atoms with van der Waals surface area (Å²) in [5, 5.41) is 0. The van der Waals surface area contributed by atoms with Crippen LogP contribution >= 0.6 is 11.8 Å². The van der Waals surface area contributed by atoms with Crippen LogP contribution in [0.15, 0.2) is 58.3 Å². The predicted octanol–water partition coefficient (Wildman–Crippen LogP) is 2.32. The Kier molecular flexibility index (Phi) is 7.96. The summed E-state index contributed by atoms with van der Waals surface area (Å²) < 4.78 is 41.8. The molecule has 0 heterocycles. The molecule has 0 unspecified atom stereocenters. The molecule has 0 saturated carbocycles. The minimum absolute atomic E-state index is 0.143. The summed E-state index contributed by atoms with van der Waals surface area (Å²) in [6, 6.07) is 13.4. The number of benzene rings is 2. The van der Waals surface area contributed by atoms with Crippen molar-refractivity contribution < 1.29 is 27.4 Å². The van der Waals surface area contributed by atoms with Crippen LogP contribution in [-0.4, -0.2) is 47.5 Å². The molecule has 0 saturated heterocycles. The van der Waals surface area contributed by atoms with Crippen molar-refractivity contribution in [2.45, 2.75) is 9.79 Å². The largest absolute Gasteiger partial charge is 0.497 e. The molecule has 0 radical (unpaired) electrons. The van der Waals surface area contributed by atoms with Gasteiger partial charge < -0.3 is 14.2 Å². The van der Waals surface area contributed by atoms with E-state index < -0.39 is 16.0 Å². The lowest BCUT2D eigenvalue weighted by atomic mass is 10.3. The first-order valence-electron chi connectivity index (χ1n) is 8.01. The number of ether oxygens (including phenoxy) is 3. The summed E-state index contributed by atoms with van der Waals surface area (Å²) in [5.41, 5.74) is 0. The molecule has 0 amide bonds. The van der Waals surface area contributed by atoms with Gasteiger partial charge >= 0.3 is 5.97 Å². The van der Waals surface area contributed by atoms with Gasteiger partial charge in [0, 0.05) is 17.2 Å². The maximum Gasteiger partial charge on any atom is 0.343 e. The van der Waals surface area contributed by atoms with Gasteiger partial charge in [0.15, 0.2) is 6.61 Å². The van der Waals surface area contributed by atoms with Gasteiger partial charge in [0.05, 0.1) is 19.1 Å². The maximum absolute atomic E-state index is 12.2. The second-order valence-corrected chi connectivity index (χ2v) is 8.19. The fraction of sp³-hybridized carbons (Fsp3) is 0.278. The highest BCUT2D eigenvalue weighted by atomic mass is 32.2. The van der Waals surface area contributed by atoms with Crippen molar-refractivity contribution in [3.8, 4) is 11.5 Å². The van der Waals surface area contributed by atoms with Crippen LogP contribution < -0.4 is 14.2 Å². The van der Waals surface area contributed by atoms with Gasteiger partial charge in [-0.05, 0) is 48.5 Å². The topological polar surface area (TPSA) is 90.9 Å². The highest BCUT2D eigenvalue weighted by Gasteiger charge is 2.13. The molecule has 0 aliphatic rings. The van der Waals surface area contributed by atoms with Crippen molar-refractivity contribution in [3.63, 3.8) is 0 Å². The molecule has 0 aliphatic heterocycles. The molecule has 0 bridgehead atoms. The van der Waals surface area contributed by atoms with Crippen LogP contribution in [0.1, 0.15) is 0 Å². The van der Waals surface area contributed by atoms with Gasteiger partial charge in [-0.1, -0.05) is 0 Å². The fourth-order valence-corrected chi connectivity index (χ4v) is 3.95. The SMILES string of the molecule is COC(=O)COc1ccc(SCCNS(=O)(=O)c2ccc(OC)cc2)cc1. The average Bonchev–Trinajstić information content (AvgIpc) is 2.70. The second-order valence-electron chi connectivity index (χ2n) is 5.26. The third-order valence-corrected chi connectivity index (χ3v) is 5.93. The monoisotopic (exact) mass is 411 g/mol. The van der Waals surface area contributed by atoms with E-state index >= 15 is 0 Å². The van der Waals surface area contributed by atoms with E-state index in [4.69, 9.17) is 9.47 Å². The van der Waals surface area contributed by atoms with Crippen molar-refractivity contribution in [2.75, 3.05) is 33.1 Å². The van der Waals surface area contributed by atoms with Gasteiger partial charge in [0.25, 0.3) is 0 Å². The molecule has 146 valence electrons. The van der Waals surface area contributed by atoms with E-state index in [0.29, 0.717) is 23.8 Å². The number of sulfonamides is 1. The Morgan fingerprint density at radius 1 is 1.00 bits per heavy atom. The van der Waals surface area contributed by atoms with Crippen LogP contribution in [0.25, 0.3) is 0 Å². The lowest BCUT2D eigenvalue weighted by Crippen LogP contribution is -2.25. The second kappa shape index (κ2) is 10.2. The molecule has 0 atom stereocenters. The van der Waals surface area contributed by atoms with E-state index in [1.54, 1.807) is 24.3 Å². The van der Waals surface area contributed by atoms with E-state index in [9.17, 15) is 13.2 Å². The van der Waals surface area contributed by atoms with Gasteiger partial charge in [-0.3, -0.25) is 0 Å². The minimum atomic E-state index is -3.55. The summed E-state index contributed by atoms with van der Waals surface area (Å²) in [5.74, 6) is 1.28. The number of thioether (sulfide) groups is 1. The fourth-order valence-electron chi connectivity index (χ4n) is 2.02. The third kappa shape index (κ3) is 6.78. The van der Waals surface area contributed by atoms with E-state index in [2.05, 4.69) is 9.46 Å². The van der Waals surface area contributed by atoms with Crippen LogP contribution in [0, 0.1) is 0 Å². The van der Waals surface area contributed by atoms with Gasteiger partial charge in [-0.25, -0.2) is 17.9 Å². The number of carbonyl (C=O) groups is 1. The molecule has 9 heteroatoms. The molecular weight excluding hydrogens is 390 g/mol. The zero-order valence-corrected chi connectivity index (χ0v) is 16.6. The number of rotatable bonds is 10. The average molecular weight is 412 g/mol. The maximum atomic E-state index is 12.2. The van der Waals surface area contributed by atoms with Crippen LogP contribution in [0.4, 0.5) is 0 Å². The van der Waals surface area contributed by atoms with Crippen molar-refractivity contribution in [2.24, 2.45) is 0 Å². The predicted molar refractivity (Wildman–Crippen MR) is 103 cm³/mol. The van der Waals surface area contributed by atoms with Crippen molar-refractivity contribution in [3.05, 3.63) is 48.5 Å². The molecule has 7 nitrogen and oxygen atoms in total. The Hall–Kier alpha value is -2.23. The van der Waals surface area contributed by atoms with Crippen molar-refractivity contribution >= 4 is 27.8 Å². The van der Waals surface area contributed by atoms with Crippen LogP contribution in [0.2, 0.25) is 0 Å². The number of carbonyl (C=O) groups excluding carboxylic acids is 1. The lowest BCUT2D eigenvalue weighted by molar-refractivity contribution is -0.142. The van der Waals surface area contributed by atoms with Crippen LogP contribution in [-0.2, 0) is 19.6 Å². The molecule has 0 aliphatic carbocycles. The Bertz CT molecular complexity index is 835. The Balaban J connectivity index is 1.77. The molecule has 0 fully saturated rings. The third-order valence-electron chi connectivity index (χ3n) is 3.44. The number of esters is 1. The van der Waals surface area contributed by atoms with Gasteiger partial charge in [-0.15, -0.1) is 11.8 Å². The molecule has 2 aromatic carbocycles. The van der Waals surface area contributed by atoms with Gasteiger partial charge in [-0.2, -0.15) is 0 Å². The van der Waals surface area contributed by atoms with Crippen LogP contribution in [0.5, 0.6) is 11.5 Å². The van der Waals surface area contributed by atoms with E-state index in [0.717, 1.165) is 4.90 Å². The Morgan fingerprint density at radius 3 is 2.22 bits per heavy atom. The number of methoxy groups -OCH3 is 2. The highest BCUT2D eigenvalue weighted by molar-refractivity contribution is 7.99. The normalized spacial score (nSPS) is 11.0. The quantitative estimate of drug-likeness (QED) is 0.364. The first-order valence-corrected chi connectivity index (χ1v) is 10.5. The molecule has 2 aromatic rings. The Morgan fingerprint density at radius 2 is 1.63 bits per heavy atom. The molecule has 27 heavy (non-hydrogen) atoms. The number of hydrogen-bond acceptors (Lipinski definition) is 7. The summed E-state index contributed by atoms with van der Waals surface area (Å²) in [6.45, 7) is 0.149. The summed E-state index contributed by atoms with van der Waals surface area (Å²) in [6.07, 6.45) is 0. The minimum Gasteiger partial charge on any atom is -0.497 e. The van der Waals surface area contributed by atoms with Gasteiger partial charge in [0.2, 0.25) is 10.0 Å². The first kappa shape index (κ1) is 21.1. The molecule has 0 aromatic heterocycles. The standard InChI is InChI=1S/C18H21NO6S2/c1-23-14-5-9-17(10-6-14)27(21,22)19-11-12-26-16-7-3-15(4-8-16)25-13-18(20)24-2/h3-10,19H,11-13H2,1-2H3. The lowest BCUT2D eigenvalue weighted by Gasteiger charge is -2.08. The molecule has 0 spiro atoms. The number of nitrogens with one attached hydrogen (secondary N) is 1. The first-order chi connectivity index (χ1) is 12.9. The zero-order valence-electron chi connectivity index (χ0n) is 15.0.